The average Bonchev–Trinajstić information content (AvgIpc) is 2.61. The number of rotatable bonds is 0. The minimum absolute atomic E-state index is 0.0706. The molecule has 0 bridgehead atoms. The van der Waals surface area contributed by atoms with E-state index >= 15 is 0 Å². The van der Waals surface area contributed by atoms with Crippen LogP contribution in [0.5, 0.6) is 0 Å². The number of fused-ring (bicyclic) bond motifs is 1. The molecule has 0 spiro atoms. The molecule has 0 radical (unpaired) electrons. The van der Waals surface area contributed by atoms with E-state index in [0.717, 1.165) is 0 Å². The quantitative estimate of drug-likeness (QED) is 0.699. The Morgan fingerprint density at radius 2 is 1.56 bits per heavy atom. The number of aryl methyl sites for hydroxylation is 2. The summed E-state index contributed by atoms with van der Waals surface area (Å²) in [6.45, 7) is 2.92. The Bertz CT molecular complexity index is 562. The van der Waals surface area contributed by atoms with Gasteiger partial charge in [-0.2, -0.15) is 0 Å². The zero-order chi connectivity index (χ0) is 12.1. The Kier molecular flexibility index (Phi) is 2.77. The molecule has 7 heteroatoms. The van der Waals surface area contributed by atoms with Gasteiger partial charge in [0.1, 0.15) is 0 Å². The van der Waals surface area contributed by atoms with Crippen molar-refractivity contribution in [1.82, 2.24) is 7.96 Å². The maximum atomic E-state index is 12.8. The number of benzene rings is 1. The summed E-state index contributed by atoms with van der Waals surface area (Å²) in [6, 6.07) is 0. The van der Waals surface area contributed by atoms with Crippen LogP contribution in [0.4, 0.5) is 13.2 Å². The van der Waals surface area contributed by atoms with Crippen molar-refractivity contribution in [3.05, 3.63) is 21.7 Å². The summed E-state index contributed by atoms with van der Waals surface area (Å²) in [6.07, 6.45) is -4.45. The molecule has 0 N–H and O–H groups in total. The Balaban J connectivity index is 2.94. The number of aromatic nitrogens is 2. The molecule has 16 heavy (non-hydrogen) atoms. The first-order chi connectivity index (χ1) is 7.34. The molecule has 2 nitrogen and oxygen atoms in total. The predicted octanol–water partition coefficient (Wildman–Crippen LogP) is 2.98. The van der Waals surface area contributed by atoms with Gasteiger partial charge in [-0.25, -0.2) is 0 Å². The first kappa shape index (κ1) is 11.9. The van der Waals surface area contributed by atoms with Gasteiger partial charge in [-0.15, -0.1) is 0 Å². The third-order valence-electron chi connectivity index (χ3n) is 2.41. The van der Waals surface area contributed by atoms with Crippen LogP contribution in [-0.2, 0) is 6.18 Å². The molecule has 0 unspecified atom stereocenters. The van der Waals surface area contributed by atoms with Crippen LogP contribution >= 0.6 is 11.6 Å². The summed E-state index contributed by atoms with van der Waals surface area (Å²) in [7, 11) is 0. The van der Waals surface area contributed by atoms with E-state index in [2.05, 4.69) is 7.96 Å². The summed E-state index contributed by atoms with van der Waals surface area (Å²) in [5, 5.41) is -0.264. The van der Waals surface area contributed by atoms with Gasteiger partial charge in [-0.1, -0.05) is 0 Å². The first-order valence-electron chi connectivity index (χ1n) is 4.32. The van der Waals surface area contributed by atoms with Crippen molar-refractivity contribution < 1.29 is 13.2 Å². The van der Waals surface area contributed by atoms with Crippen molar-refractivity contribution in [2.24, 2.45) is 0 Å². The van der Waals surface area contributed by atoms with Crippen LogP contribution in [0.3, 0.4) is 0 Å². The molecule has 0 aliphatic rings. The van der Waals surface area contributed by atoms with E-state index in [9.17, 15) is 13.2 Å². The van der Waals surface area contributed by atoms with E-state index in [0.29, 0.717) is 16.6 Å². The topological polar surface area (TPSA) is 25.8 Å². The maximum absolute atomic E-state index is 12.8. The fourth-order valence-corrected chi connectivity index (χ4v) is 3.30. The number of alkyl halides is 3. The van der Waals surface area contributed by atoms with Crippen molar-refractivity contribution in [2.75, 3.05) is 0 Å². The molecule has 1 aromatic heterocycles. The molecule has 86 valence electrons. The summed E-state index contributed by atoms with van der Waals surface area (Å²) in [5.41, 5.74) is 0.491. The van der Waals surface area contributed by atoms with Crippen molar-refractivity contribution in [2.45, 2.75) is 20.0 Å². The Hall–Kier alpha value is -0.581. The van der Waals surface area contributed by atoms with Crippen molar-refractivity contribution in [3.8, 4) is 0 Å². The molecule has 0 amide bonds. The van der Waals surface area contributed by atoms with Gasteiger partial charge < -0.3 is 0 Å². The van der Waals surface area contributed by atoms with Gasteiger partial charge in [0.15, 0.2) is 0 Å². The van der Waals surface area contributed by atoms with Gasteiger partial charge in [0, 0.05) is 0 Å². The molecule has 1 aromatic carbocycles. The summed E-state index contributed by atoms with van der Waals surface area (Å²) < 4.78 is 46.5. The molecule has 0 aliphatic carbocycles. The monoisotopic (exact) mass is 314 g/mol. The molecule has 0 saturated carbocycles. The average molecular weight is 314 g/mol. The first-order valence-corrected chi connectivity index (χ1v) is 6.23. The van der Waals surface area contributed by atoms with Crippen LogP contribution < -0.4 is 0 Å². The van der Waals surface area contributed by atoms with Crippen molar-refractivity contribution in [1.29, 1.82) is 0 Å². The standard InChI is InChI=1S/C9H6ClF3N2Se/c1-3-5(9(11,12)13)6(10)4(2)8-7(3)14-16-15-8/h1-2H3. The second-order valence-electron chi connectivity index (χ2n) is 3.40. The molecule has 0 fully saturated rings. The van der Waals surface area contributed by atoms with Gasteiger partial charge in [-0.3, -0.25) is 0 Å². The van der Waals surface area contributed by atoms with E-state index < -0.39 is 11.7 Å². The molecule has 0 saturated heterocycles. The Morgan fingerprint density at radius 3 is 2.06 bits per heavy atom. The SMILES string of the molecule is Cc1c(Cl)c(C(F)(F)F)c(C)c2n[se]nc12. The van der Waals surface area contributed by atoms with Crippen LogP contribution in [0.1, 0.15) is 16.7 Å². The van der Waals surface area contributed by atoms with E-state index in [1.165, 1.54) is 13.8 Å². The summed E-state index contributed by atoms with van der Waals surface area (Å²) >= 11 is 5.40. The second kappa shape index (κ2) is 3.72. The zero-order valence-corrected chi connectivity index (χ0v) is 10.8. The molecule has 0 aliphatic heterocycles. The predicted molar refractivity (Wildman–Crippen MR) is 56.0 cm³/mol. The zero-order valence-electron chi connectivity index (χ0n) is 8.31. The van der Waals surface area contributed by atoms with Gasteiger partial charge in [0.25, 0.3) is 0 Å². The molecular weight excluding hydrogens is 308 g/mol. The molecule has 1 heterocycles. The van der Waals surface area contributed by atoms with Gasteiger partial charge >= 0.3 is 100 Å². The van der Waals surface area contributed by atoms with Gasteiger partial charge in [0.05, 0.1) is 0 Å². The van der Waals surface area contributed by atoms with Crippen LogP contribution in [-0.4, -0.2) is 22.9 Å². The van der Waals surface area contributed by atoms with Gasteiger partial charge in [0.2, 0.25) is 0 Å². The number of hydrogen-bond acceptors (Lipinski definition) is 2. The van der Waals surface area contributed by atoms with E-state index in [1.54, 1.807) is 0 Å². The second-order valence-corrected chi connectivity index (χ2v) is 4.88. The van der Waals surface area contributed by atoms with Crippen molar-refractivity contribution >= 4 is 37.6 Å². The van der Waals surface area contributed by atoms with Crippen molar-refractivity contribution in [3.63, 3.8) is 0 Å². The van der Waals surface area contributed by atoms with Crippen LogP contribution in [0.25, 0.3) is 11.0 Å². The van der Waals surface area contributed by atoms with E-state index in [4.69, 9.17) is 11.6 Å². The van der Waals surface area contributed by atoms with Crippen LogP contribution in [0.15, 0.2) is 0 Å². The minimum atomic E-state index is -4.45. The fourth-order valence-electron chi connectivity index (χ4n) is 1.59. The molecule has 2 aromatic rings. The number of hydrogen-bond donors (Lipinski definition) is 0. The molecular formula is C9H6ClF3N2Se. The number of nitrogens with zero attached hydrogens (tertiary/aromatic N) is 2. The van der Waals surface area contributed by atoms with Gasteiger partial charge in [-0.05, 0) is 0 Å². The van der Waals surface area contributed by atoms with E-state index in [-0.39, 0.29) is 25.5 Å². The van der Waals surface area contributed by atoms with E-state index in [1.807, 2.05) is 0 Å². The summed E-state index contributed by atoms with van der Waals surface area (Å²) in [4.78, 5) is 0. The van der Waals surface area contributed by atoms with Crippen LogP contribution in [0, 0.1) is 13.8 Å². The fraction of sp³-hybridized carbons (Fsp3) is 0.333. The third kappa shape index (κ3) is 1.65. The van der Waals surface area contributed by atoms with Crippen LogP contribution in [0.2, 0.25) is 5.02 Å². The Labute approximate surface area is 101 Å². The summed E-state index contributed by atoms with van der Waals surface area (Å²) in [5.74, 6) is 0. The third-order valence-corrected chi connectivity index (χ3v) is 3.99. The Morgan fingerprint density at radius 1 is 1.06 bits per heavy atom. The normalized spacial score (nSPS) is 12.4. The number of halogens is 4. The molecule has 0 atom stereocenters. The molecule has 2 rings (SSSR count).